The number of thioether (sulfide) groups is 1. The average molecular weight is 430 g/mol. The molecule has 0 spiro atoms. The first kappa shape index (κ1) is 21.4. The maximum absolute atomic E-state index is 13.3. The molecule has 1 atom stereocenters. The lowest BCUT2D eigenvalue weighted by Crippen LogP contribution is -2.23. The van der Waals surface area contributed by atoms with Crippen molar-refractivity contribution in [2.75, 3.05) is 6.61 Å². The summed E-state index contributed by atoms with van der Waals surface area (Å²) in [6, 6.07) is 10.7. The maximum Gasteiger partial charge on any atom is 0.344 e. The highest BCUT2D eigenvalue weighted by Gasteiger charge is 2.24. The number of nitrogens with one attached hydrogen (secondary N) is 1. The molecule has 3 rings (SSSR count). The van der Waals surface area contributed by atoms with Gasteiger partial charge < -0.3 is 19.9 Å². The topological polar surface area (TPSA) is 97.2 Å². The number of carboxylic acid groups (broad SMARTS) is 1. The van der Waals surface area contributed by atoms with Gasteiger partial charge in [0.05, 0.1) is 17.2 Å². The van der Waals surface area contributed by atoms with Crippen LogP contribution in [0.25, 0.3) is 6.08 Å². The molecule has 1 unspecified atom stereocenters. The van der Waals surface area contributed by atoms with Crippen LogP contribution in [0.3, 0.4) is 0 Å². The second-order valence-electron chi connectivity index (χ2n) is 6.20. The lowest BCUT2D eigenvalue weighted by Gasteiger charge is -2.15. The third-order valence-electron chi connectivity index (χ3n) is 3.91. The number of aliphatic imine (C=N–C) groups is 1. The van der Waals surface area contributed by atoms with Gasteiger partial charge in [-0.25, -0.2) is 14.2 Å². The number of carbonyl (C=O) groups is 2. The Morgan fingerprint density at radius 2 is 2.10 bits per heavy atom. The molecule has 0 saturated carbocycles. The van der Waals surface area contributed by atoms with Gasteiger partial charge in [-0.1, -0.05) is 12.1 Å². The zero-order valence-corrected chi connectivity index (χ0v) is 17.0. The van der Waals surface area contributed by atoms with E-state index in [2.05, 4.69) is 10.3 Å². The van der Waals surface area contributed by atoms with Crippen molar-refractivity contribution in [3.63, 3.8) is 0 Å². The predicted octanol–water partition coefficient (Wildman–Crippen LogP) is 3.97. The summed E-state index contributed by atoms with van der Waals surface area (Å²) in [6.45, 7) is 3.58. The number of amides is 1. The normalized spacial score (nSPS) is 17.1. The molecule has 156 valence electrons. The Morgan fingerprint density at radius 3 is 2.80 bits per heavy atom. The van der Waals surface area contributed by atoms with E-state index in [4.69, 9.17) is 14.6 Å². The third-order valence-corrected chi connectivity index (χ3v) is 4.82. The maximum atomic E-state index is 13.3. The van der Waals surface area contributed by atoms with Gasteiger partial charge in [0.2, 0.25) is 0 Å². The standard InChI is InChI=1S/C21H19FN2O5S/c1-3-28-17-9-13(7-8-16(17)29-12(2)20(26)27)10-18-19(25)24-21(30-18)23-15-6-4-5-14(22)11-15/h4-12H,3H2,1-2H3,(H,26,27)(H,23,24,25)/b18-10+. The van der Waals surface area contributed by atoms with E-state index in [9.17, 15) is 14.0 Å². The van der Waals surface area contributed by atoms with E-state index < -0.39 is 17.9 Å². The molecule has 1 heterocycles. The Morgan fingerprint density at radius 1 is 1.30 bits per heavy atom. The van der Waals surface area contributed by atoms with E-state index in [0.717, 1.165) is 11.8 Å². The number of halogens is 1. The van der Waals surface area contributed by atoms with E-state index in [1.165, 1.54) is 25.1 Å². The molecule has 0 radical (unpaired) electrons. The van der Waals surface area contributed by atoms with E-state index in [0.29, 0.717) is 39.4 Å². The quantitative estimate of drug-likeness (QED) is 0.645. The molecule has 1 aliphatic rings. The summed E-state index contributed by atoms with van der Waals surface area (Å²) in [7, 11) is 0. The highest BCUT2D eigenvalue weighted by Crippen LogP contribution is 2.33. The average Bonchev–Trinajstić information content (AvgIpc) is 3.02. The Balaban J connectivity index is 1.82. The van der Waals surface area contributed by atoms with Crippen LogP contribution in [0.1, 0.15) is 19.4 Å². The summed E-state index contributed by atoms with van der Waals surface area (Å²) in [5.41, 5.74) is 1.06. The van der Waals surface area contributed by atoms with Gasteiger partial charge in [0.1, 0.15) is 5.82 Å². The molecule has 1 aliphatic heterocycles. The second kappa shape index (κ2) is 9.45. The number of nitrogens with zero attached hydrogens (tertiary/aromatic N) is 1. The molecule has 9 heteroatoms. The molecule has 1 saturated heterocycles. The monoisotopic (exact) mass is 430 g/mol. The van der Waals surface area contributed by atoms with Gasteiger partial charge >= 0.3 is 5.97 Å². The molecular weight excluding hydrogens is 411 g/mol. The Kier molecular flexibility index (Phi) is 6.73. The van der Waals surface area contributed by atoms with Crippen molar-refractivity contribution in [1.29, 1.82) is 0 Å². The molecular formula is C21H19FN2O5S. The van der Waals surface area contributed by atoms with Crippen molar-refractivity contribution in [2.24, 2.45) is 4.99 Å². The third kappa shape index (κ3) is 5.38. The summed E-state index contributed by atoms with van der Waals surface area (Å²) >= 11 is 1.13. The minimum atomic E-state index is -1.09. The van der Waals surface area contributed by atoms with Crippen LogP contribution in [-0.2, 0) is 9.59 Å². The molecule has 30 heavy (non-hydrogen) atoms. The number of rotatable bonds is 7. The second-order valence-corrected chi connectivity index (χ2v) is 7.23. The van der Waals surface area contributed by atoms with Crippen LogP contribution < -0.4 is 14.8 Å². The van der Waals surface area contributed by atoms with Crippen LogP contribution >= 0.6 is 11.8 Å². The first-order valence-electron chi connectivity index (χ1n) is 9.07. The molecule has 7 nitrogen and oxygen atoms in total. The fraction of sp³-hybridized carbons (Fsp3) is 0.190. The summed E-state index contributed by atoms with van der Waals surface area (Å²) in [5.74, 6) is -1.16. The van der Waals surface area contributed by atoms with Crippen LogP contribution in [0.4, 0.5) is 10.1 Å². The van der Waals surface area contributed by atoms with Gasteiger partial charge in [-0.2, -0.15) is 0 Å². The summed E-state index contributed by atoms with van der Waals surface area (Å²) in [4.78, 5) is 27.9. The fourth-order valence-electron chi connectivity index (χ4n) is 2.52. The van der Waals surface area contributed by atoms with Gasteiger partial charge in [0.25, 0.3) is 5.91 Å². The Bertz CT molecular complexity index is 1040. The number of amidine groups is 1. The highest BCUT2D eigenvalue weighted by molar-refractivity contribution is 8.18. The molecule has 0 aliphatic carbocycles. The van der Waals surface area contributed by atoms with Gasteiger partial charge in [-0.3, -0.25) is 4.79 Å². The van der Waals surface area contributed by atoms with E-state index in [-0.39, 0.29) is 5.91 Å². The number of benzene rings is 2. The molecule has 2 aromatic carbocycles. The highest BCUT2D eigenvalue weighted by atomic mass is 32.2. The van der Waals surface area contributed by atoms with Crippen molar-refractivity contribution < 1.29 is 28.6 Å². The van der Waals surface area contributed by atoms with Gasteiger partial charge in [0, 0.05) is 0 Å². The van der Waals surface area contributed by atoms with Gasteiger partial charge in [0.15, 0.2) is 22.8 Å². The minimum absolute atomic E-state index is 0.297. The van der Waals surface area contributed by atoms with Crippen molar-refractivity contribution >= 4 is 40.6 Å². The van der Waals surface area contributed by atoms with E-state index in [1.54, 1.807) is 37.3 Å². The summed E-state index contributed by atoms with van der Waals surface area (Å²) in [5, 5.41) is 12.0. The summed E-state index contributed by atoms with van der Waals surface area (Å²) in [6.07, 6.45) is 0.618. The molecule has 2 N–H and O–H groups in total. The molecule has 0 aromatic heterocycles. The molecule has 2 aromatic rings. The van der Waals surface area contributed by atoms with Crippen molar-refractivity contribution in [3.8, 4) is 11.5 Å². The van der Waals surface area contributed by atoms with Crippen LogP contribution in [0, 0.1) is 5.82 Å². The largest absolute Gasteiger partial charge is 0.490 e. The van der Waals surface area contributed by atoms with E-state index in [1.807, 2.05) is 0 Å². The summed E-state index contributed by atoms with van der Waals surface area (Å²) < 4.78 is 24.3. The lowest BCUT2D eigenvalue weighted by atomic mass is 10.2. The SMILES string of the molecule is CCOc1cc(/C=C2/SC(=Nc3cccc(F)c3)NC2=O)ccc1OC(C)C(=O)O. The van der Waals surface area contributed by atoms with Crippen molar-refractivity contribution in [3.05, 3.63) is 58.8 Å². The number of hydrogen-bond donors (Lipinski definition) is 2. The number of ether oxygens (including phenoxy) is 2. The zero-order valence-electron chi connectivity index (χ0n) is 16.2. The number of hydrogen-bond acceptors (Lipinski definition) is 6. The van der Waals surface area contributed by atoms with Crippen LogP contribution in [-0.4, -0.2) is 34.9 Å². The van der Waals surface area contributed by atoms with Gasteiger partial charge in [-0.05, 0) is 67.6 Å². The fourth-order valence-corrected chi connectivity index (χ4v) is 3.36. The molecule has 1 fully saturated rings. The lowest BCUT2D eigenvalue weighted by molar-refractivity contribution is -0.144. The molecule has 0 bridgehead atoms. The zero-order chi connectivity index (χ0) is 21.7. The van der Waals surface area contributed by atoms with Crippen LogP contribution in [0.2, 0.25) is 0 Å². The first-order chi connectivity index (χ1) is 14.4. The van der Waals surface area contributed by atoms with Crippen molar-refractivity contribution in [2.45, 2.75) is 20.0 Å². The minimum Gasteiger partial charge on any atom is -0.490 e. The van der Waals surface area contributed by atoms with Gasteiger partial charge in [-0.15, -0.1) is 0 Å². The van der Waals surface area contributed by atoms with E-state index >= 15 is 0 Å². The molecule has 1 amide bonds. The number of carbonyl (C=O) groups excluding carboxylic acids is 1. The van der Waals surface area contributed by atoms with Crippen LogP contribution in [0.5, 0.6) is 11.5 Å². The van der Waals surface area contributed by atoms with Crippen LogP contribution in [0.15, 0.2) is 52.4 Å². The number of carboxylic acids is 1. The first-order valence-corrected chi connectivity index (χ1v) is 9.89. The Labute approximate surface area is 176 Å². The smallest absolute Gasteiger partial charge is 0.344 e. The predicted molar refractivity (Wildman–Crippen MR) is 113 cm³/mol. The number of aliphatic carboxylic acids is 1. The Hall–Kier alpha value is -3.33. The van der Waals surface area contributed by atoms with Crippen molar-refractivity contribution in [1.82, 2.24) is 5.32 Å².